The molecule has 1 aromatic carbocycles. The number of fused-ring (bicyclic) bond motifs is 1. The maximum absolute atomic E-state index is 12.7. The third kappa shape index (κ3) is 3.77. The normalized spacial score (nSPS) is 21.7. The van der Waals surface area contributed by atoms with Crippen molar-refractivity contribution < 1.29 is 0 Å². The second kappa shape index (κ2) is 8.39. The number of piperidine rings is 1. The van der Waals surface area contributed by atoms with Crippen molar-refractivity contribution in [3.05, 3.63) is 64.2 Å². The van der Waals surface area contributed by atoms with Crippen LogP contribution in [0.2, 0.25) is 0 Å². The number of aromatic amines is 1. The lowest BCUT2D eigenvalue weighted by molar-refractivity contribution is 0.287. The molecule has 7 nitrogen and oxygen atoms in total. The van der Waals surface area contributed by atoms with Gasteiger partial charge in [0, 0.05) is 24.6 Å². The zero-order valence-corrected chi connectivity index (χ0v) is 18.9. The molecule has 3 aromatic rings. The predicted octanol–water partition coefficient (Wildman–Crippen LogP) is 3.93. The van der Waals surface area contributed by atoms with Gasteiger partial charge in [0.2, 0.25) is 0 Å². The number of rotatable bonds is 4. The molecule has 5 rings (SSSR count). The number of likely N-dealkylation sites (N-methyl/N-ethyl adjacent to an activating group) is 1. The van der Waals surface area contributed by atoms with Crippen LogP contribution in [0.3, 0.4) is 0 Å². The third-order valence-electron chi connectivity index (χ3n) is 6.91. The van der Waals surface area contributed by atoms with Gasteiger partial charge in [-0.3, -0.25) is 9.80 Å². The van der Waals surface area contributed by atoms with Crippen LogP contribution in [-0.2, 0) is 0 Å². The molecule has 4 heterocycles. The van der Waals surface area contributed by atoms with Gasteiger partial charge in [-0.05, 0) is 80.9 Å². The molecule has 0 spiro atoms. The monoisotopic (exact) mass is 430 g/mol. The van der Waals surface area contributed by atoms with E-state index in [1.54, 1.807) is 6.20 Å². The highest BCUT2D eigenvalue weighted by atomic mass is 16.1. The lowest BCUT2D eigenvalue weighted by Crippen LogP contribution is -2.26. The van der Waals surface area contributed by atoms with Crippen molar-refractivity contribution >= 4 is 28.0 Å². The van der Waals surface area contributed by atoms with E-state index in [0.717, 1.165) is 35.6 Å². The number of nitrogens with zero attached hydrogens (tertiary/aromatic N) is 3. The van der Waals surface area contributed by atoms with Crippen LogP contribution >= 0.6 is 0 Å². The molecular formula is C25H30N6O. The van der Waals surface area contributed by atoms with Crippen LogP contribution in [0.1, 0.15) is 49.8 Å². The third-order valence-corrected chi connectivity index (χ3v) is 6.91. The zero-order chi connectivity index (χ0) is 22.2. The molecule has 2 aliphatic rings. The van der Waals surface area contributed by atoms with Crippen molar-refractivity contribution in [3.63, 3.8) is 0 Å². The molecule has 2 aromatic heterocycles. The fourth-order valence-electron chi connectivity index (χ4n) is 5.04. The standard InChI is InChI=1S/C25H30N6O/c1-15-22(16(2)31(3)30-15)21-14-19-10-13-27-25(32)23(19)24(29-21)28-20-6-4-17(5-7-20)18-8-11-26-12-9-18/h4-7,10,13-14,16,18,22,26H,8-9,11-12H2,1-3H3,(H,27,32)(H,28,29). The van der Waals surface area contributed by atoms with Crippen LogP contribution in [0, 0.1) is 0 Å². The minimum Gasteiger partial charge on any atom is -0.340 e. The van der Waals surface area contributed by atoms with Gasteiger partial charge in [-0.2, -0.15) is 5.10 Å². The summed E-state index contributed by atoms with van der Waals surface area (Å²) >= 11 is 0. The number of aromatic nitrogens is 2. The number of pyridine rings is 2. The van der Waals surface area contributed by atoms with Crippen LogP contribution < -0.4 is 16.2 Å². The first-order valence-corrected chi connectivity index (χ1v) is 11.4. The smallest absolute Gasteiger partial charge is 0.259 e. The summed E-state index contributed by atoms with van der Waals surface area (Å²) in [6, 6.07) is 12.7. The molecule has 2 unspecified atom stereocenters. The highest BCUT2D eigenvalue weighted by Crippen LogP contribution is 2.33. The molecule has 7 heteroatoms. The van der Waals surface area contributed by atoms with Crippen LogP contribution in [0.5, 0.6) is 0 Å². The lowest BCUT2D eigenvalue weighted by Gasteiger charge is -2.23. The summed E-state index contributed by atoms with van der Waals surface area (Å²) in [6.45, 7) is 6.35. The summed E-state index contributed by atoms with van der Waals surface area (Å²) in [7, 11) is 1.99. The van der Waals surface area contributed by atoms with Crippen molar-refractivity contribution in [2.24, 2.45) is 5.10 Å². The quantitative estimate of drug-likeness (QED) is 0.584. The highest BCUT2D eigenvalue weighted by molar-refractivity contribution is 5.95. The summed E-state index contributed by atoms with van der Waals surface area (Å²) in [5.74, 6) is 1.29. The van der Waals surface area contributed by atoms with E-state index >= 15 is 0 Å². The topological polar surface area (TPSA) is 85.4 Å². The van der Waals surface area contributed by atoms with E-state index in [-0.39, 0.29) is 17.5 Å². The zero-order valence-electron chi connectivity index (χ0n) is 18.9. The van der Waals surface area contributed by atoms with Gasteiger partial charge in [-0.25, -0.2) is 4.98 Å². The average molecular weight is 431 g/mol. The largest absolute Gasteiger partial charge is 0.340 e. The van der Waals surface area contributed by atoms with Crippen molar-refractivity contribution in [2.45, 2.75) is 44.6 Å². The molecule has 2 aliphatic heterocycles. The molecule has 0 radical (unpaired) electrons. The number of hydrogen-bond acceptors (Lipinski definition) is 6. The first-order valence-electron chi connectivity index (χ1n) is 11.4. The van der Waals surface area contributed by atoms with Crippen molar-refractivity contribution in [1.29, 1.82) is 0 Å². The molecule has 0 bridgehead atoms. The van der Waals surface area contributed by atoms with E-state index in [1.807, 2.05) is 31.1 Å². The second-order valence-corrected chi connectivity index (χ2v) is 8.97. The Kier molecular flexibility index (Phi) is 5.43. The second-order valence-electron chi connectivity index (χ2n) is 8.97. The van der Waals surface area contributed by atoms with Gasteiger partial charge in [-0.1, -0.05) is 12.1 Å². The van der Waals surface area contributed by atoms with Crippen molar-refractivity contribution in [1.82, 2.24) is 20.3 Å². The van der Waals surface area contributed by atoms with Gasteiger partial charge >= 0.3 is 0 Å². The summed E-state index contributed by atoms with van der Waals surface area (Å²) in [6.07, 6.45) is 4.04. The van der Waals surface area contributed by atoms with Gasteiger partial charge in [-0.15, -0.1) is 0 Å². The van der Waals surface area contributed by atoms with E-state index in [4.69, 9.17) is 4.98 Å². The Labute approximate surface area is 187 Å². The van der Waals surface area contributed by atoms with Crippen molar-refractivity contribution in [3.8, 4) is 0 Å². The van der Waals surface area contributed by atoms with E-state index in [1.165, 1.54) is 18.4 Å². The van der Waals surface area contributed by atoms with Gasteiger partial charge in [0.25, 0.3) is 5.56 Å². The summed E-state index contributed by atoms with van der Waals surface area (Å²) in [5.41, 5.74) is 4.12. The molecule has 2 atom stereocenters. The van der Waals surface area contributed by atoms with E-state index in [2.05, 4.69) is 51.9 Å². The van der Waals surface area contributed by atoms with E-state index in [9.17, 15) is 4.79 Å². The van der Waals surface area contributed by atoms with Crippen LogP contribution in [0.4, 0.5) is 11.5 Å². The maximum Gasteiger partial charge on any atom is 0.259 e. The minimum absolute atomic E-state index is 0.0894. The van der Waals surface area contributed by atoms with Crippen molar-refractivity contribution in [2.75, 3.05) is 25.5 Å². The van der Waals surface area contributed by atoms with Crippen LogP contribution in [0.25, 0.3) is 10.8 Å². The predicted molar refractivity (Wildman–Crippen MR) is 130 cm³/mol. The summed E-state index contributed by atoms with van der Waals surface area (Å²) < 4.78 is 0. The number of hydrogen-bond donors (Lipinski definition) is 3. The minimum atomic E-state index is -0.141. The molecule has 32 heavy (non-hydrogen) atoms. The fraction of sp³-hybridized carbons (Fsp3) is 0.400. The molecule has 0 saturated carbocycles. The summed E-state index contributed by atoms with van der Waals surface area (Å²) in [5, 5.41) is 14.9. The maximum atomic E-state index is 12.7. The molecular weight excluding hydrogens is 400 g/mol. The fourth-order valence-corrected chi connectivity index (χ4v) is 5.04. The number of nitrogens with one attached hydrogen (secondary N) is 3. The molecule has 1 saturated heterocycles. The SMILES string of the molecule is CC1=NN(C)C(C)C1c1cc2cc[nH]c(=O)c2c(Nc2ccc(C3CCNCC3)cc2)n1. The van der Waals surface area contributed by atoms with Gasteiger partial charge in [0.05, 0.1) is 23.0 Å². The Morgan fingerprint density at radius 1 is 1.12 bits per heavy atom. The van der Waals surface area contributed by atoms with Crippen LogP contribution in [0.15, 0.2) is 52.5 Å². The molecule has 166 valence electrons. The van der Waals surface area contributed by atoms with Gasteiger partial charge in [0.1, 0.15) is 5.82 Å². The molecule has 0 aliphatic carbocycles. The molecule has 0 amide bonds. The summed E-state index contributed by atoms with van der Waals surface area (Å²) in [4.78, 5) is 20.4. The number of anilines is 2. The number of H-pyrrole nitrogens is 1. The number of hydrazone groups is 1. The Balaban J connectivity index is 1.51. The first-order chi connectivity index (χ1) is 15.5. The Morgan fingerprint density at radius 2 is 1.88 bits per heavy atom. The van der Waals surface area contributed by atoms with Crippen LogP contribution in [-0.4, -0.2) is 46.9 Å². The van der Waals surface area contributed by atoms with E-state index in [0.29, 0.717) is 17.1 Å². The molecule has 3 N–H and O–H groups in total. The highest BCUT2D eigenvalue weighted by Gasteiger charge is 2.32. The lowest BCUT2D eigenvalue weighted by atomic mass is 9.90. The average Bonchev–Trinajstić information content (AvgIpc) is 3.06. The van der Waals surface area contributed by atoms with Gasteiger partial charge in [0.15, 0.2) is 0 Å². The Bertz CT molecular complexity index is 1210. The Morgan fingerprint density at radius 3 is 2.56 bits per heavy atom. The van der Waals surface area contributed by atoms with Gasteiger partial charge < -0.3 is 15.6 Å². The Hall–Kier alpha value is -3.19. The molecule has 1 fully saturated rings. The first kappa shape index (κ1) is 20.7. The number of benzene rings is 1. The van der Waals surface area contributed by atoms with E-state index < -0.39 is 0 Å².